The number of hydrogen-bond donors (Lipinski definition) is 0. The third-order valence-corrected chi connectivity index (χ3v) is 9.51. The van der Waals surface area contributed by atoms with Gasteiger partial charge >= 0.3 is 0 Å². The van der Waals surface area contributed by atoms with E-state index in [0.717, 1.165) is 46.8 Å². The molecule has 4 aromatic rings. The van der Waals surface area contributed by atoms with E-state index in [0.29, 0.717) is 31.1 Å². The second-order valence-electron chi connectivity index (χ2n) is 9.50. The SMILES string of the molecule is CCOc1ccc(N=c2scc(-c3ccc(S(=O)(=O)N4CCCCC4)cc3)n2Cc2ccc(C)cc2)cc1. The quantitative estimate of drug-likeness (QED) is 0.257. The predicted molar refractivity (Wildman–Crippen MR) is 153 cm³/mol. The summed E-state index contributed by atoms with van der Waals surface area (Å²) in [5, 5.41) is 2.09. The molecule has 198 valence electrons. The van der Waals surface area contributed by atoms with Gasteiger partial charge in [0, 0.05) is 18.5 Å². The van der Waals surface area contributed by atoms with Crippen LogP contribution in [-0.2, 0) is 16.6 Å². The second kappa shape index (κ2) is 11.7. The minimum Gasteiger partial charge on any atom is -0.494 e. The number of benzene rings is 3. The number of sulfonamides is 1. The van der Waals surface area contributed by atoms with Crippen molar-refractivity contribution >= 4 is 27.0 Å². The summed E-state index contributed by atoms with van der Waals surface area (Å²) in [5.41, 5.74) is 5.20. The number of aryl methyl sites for hydroxylation is 1. The maximum atomic E-state index is 13.1. The Hall–Kier alpha value is -3.20. The first kappa shape index (κ1) is 26.4. The van der Waals surface area contributed by atoms with Gasteiger partial charge in [-0.25, -0.2) is 13.4 Å². The molecule has 0 radical (unpaired) electrons. The molecule has 0 aliphatic carbocycles. The topological polar surface area (TPSA) is 63.9 Å². The monoisotopic (exact) mass is 547 g/mol. The van der Waals surface area contributed by atoms with E-state index in [4.69, 9.17) is 9.73 Å². The third kappa shape index (κ3) is 5.93. The number of aromatic nitrogens is 1. The maximum absolute atomic E-state index is 13.1. The van der Waals surface area contributed by atoms with Crippen LogP contribution in [0.4, 0.5) is 5.69 Å². The van der Waals surface area contributed by atoms with Crippen LogP contribution >= 0.6 is 11.3 Å². The Morgan fingerprint density at radius 2 is 1.58 bits per heavy atom. The van der Waals surface area contributed by atoms with Crippen molar-refractivity contribution in [3.8, 4) is 17.0 Å². The van der Waals surface area contributed by atoms with E-state index < -0.39 is 10.0 Å². The highest BCUT2D eigenvalue weighted by molar-refractivity contribution is 7.89. The van der Waals surface area contributed by atoms with E-state index in [-0.39, 0.29) is 0 Å². The standard InChI is InChI=1S/C30H33N3O3S2/c1-3-36-27-15-13-26(14-16-27)31-30-33(21-24-9-7-23(2)8-10-24)29(22-37-30)25-11-17-28(18-12-25)38(34,35)32-19-5-4-6-20-32/h7-18,22H,3-6,19-21H2,1-2H3. The van der Waals surface area contributed by atoms with E-state index in [1.54, 1.807) is 27.8 Å². The molecule has 1 aliphatic rings. The fraction of sp³-hybridized carbons (Fsp3) is 0.300. The van der Waals surface area contributed by atoms with Gasteiger partial charge in [-0.2, -0.15) is 4.31 Å². The van der Waals surface area contributed by atoms with Gasteiger partial charge in [0.2, 0.25) is 10.0 Å². The third-order valence-electron chi connectivity index (χ3n) is 6.73. The van der Waals surface area contributed by atoms with Crippen molar-refractivity contribution in [3.05, 3.63) is 94.1 Å². The Balaban J connectivity index is 1.51. The van der Waals surface area contributed by atoms with Crippen molar-refractivity contribution < 1.29 is 13.2 Å². The van der Waals surface area contributed by atoms with Crippen LogP contribution in [0.3, 0.4) is 0 Å². The van der Waals surface area contributed by atoms with Crippen LogP contribution in [0.15, 0.2) is 88.1 Å². The molecule has 38 heavy (non-hydrogen) atoms. The summed E-state index contributed by atoms with van der Waals surface area (Å²) in [6.07, 6.45) is 2.94. The average Bonchev–Trinajstić information content (AvgIpc) is 3.33. The molecule has 6 nitrogen and oxygen atoms in total. The first-order valence-electron chi connectivity index (χ1n) is 13.1. The zero-order chi connectivity index (χ0) is 26.5. The van der Waals surface area contributed by atoms with Gasteiger partial charge in [-0.15, -0.1) is 11.3 Å². The van der Waals surface area contributed by atoms with Crippen molar-refractivity contribution in [1.82, 2.24) is 8.87 Å². The highest BCUT2D eigenvalue weighted by atomic mass is 32.2. The summed E-state index contributed by atoms with van der Waals surface area (Å²) < 4.78 is 35.7. The smallest absolute Gasteiger partial charge is 0.243 e. The fourth-order valence-electron chi connectivity index (χ4n) is 4.62. The Morgan fingerprint density at radius 3 is 2.24 bits per heavy atom. The Kier molecular flexibility index (Phi) is 8.12. The molecule has 0 bridgehead atoms. The largest absolute Gasteiger partial charge is 0.494 e. The summed E-state index contributed by atoms with van der Waals surface area (Å²) in [5.74, 6) is 0.824. The molecule has 1 saturated heterocycles. The molecule has 0 amide bonds. The molecule has 0 N–H and O–H groups in total. The number of ether oxygens (including phenoxy) is 1. The first-order valence-corrected chi connectivity index (χ1v) is 15.4. The van der Waals surface area contributed by atoms with Crippen molar-refractivity contribution in [3.63, 3.8) is 0 Å². The average molecular weight is 548 g/mol. The molecule has 5 rings (SSSR count). The Bertz CT molecular complexity index is 1530. The number of piperidine rings is 1. The van der Waals surface area contributed by atoms with Gasteiger partial charge in [0.1, 0.15) is 5.75 Å². The zero-order valence-electron chi connectivity index (χ0n) is 21.8. The van der Waals surface area contributed by atoms with Crippen molar-refractivity contribution in [2.75, 3.05) is 19.7 Å². The van der Waals surface area contributed by atoms with Gasteiger partial charge in [0.15, 0.2) is 4.80 Å². The van der Waals surface area contributed by atoms with E-state index in [1.165, 1.54) is 11.1 Å². The van der Waals surface area contributed by atoms with Gasteiger partial charge in [0.25, 0.3) is 0 Å². The lowest BCUT2D eigenvalue weighted by molar-refractivity contribution is 0.340. The highest BCUT2D eigenvalue weighted by Gasteiger charge is 2.25. The van der Waals surface area contributed by atoms with Crippen LogP contribution in [0.1, 0.15) is 37.3 Å². The molecule has 0 saturated carbocycles. The molecular formula is C30H33N3O3S2. The molecule has 1 aromatic heterocycles. The van der Waals surface area contributed by atoms with E-state index in [9.17, 15) is 8.42 Å². The Labute approximate surface area is 228 Å². The molecular weight excluding hydrogens is 514 g/mol. The van der Waals surface area contributed by atoms with E-state index >= 15 is 0 Å². The lowest BCUT2D eigenvalue weighted by atomic mass is 10.1. The minimum absolute atomic E-state index is 0.350. The zero-order valence-corrected chi connectivity index (χ0v) is 23.5. The molecule has 1 fully saturated rings. The number of thiazole rings is 1. The summed E-state index contributed by atoms with van der Waals surface area (Å²) in [7, 11) is -3.47. The van der Waals surface area contributed by atoms with Crippen LogP contribution < -0.4 is 9.54 Å². The van der Waals surface area contributed by atoms with Crippen LogP contribution in [-0.4, -0.2) is 37.0 Å². The van der Waals surface area contributed by atoms with E-state index in [2.05, 4.69) is 41.1 Å². The van der Waals surface area contributed by atoms with Crippen LogP contribution in [0, 0.1) is 6.92 Å². The Morgan fingerprint density at radius 1 is 0.895 bits per heavy atom. The fourth-order valence-corrected chi connectivity index (χ4v) is 7.07. The summed E-state index contributed by atoms with van der Waals surface area (Å²) in [4.78, 5) is 6.16. The maximum Gasteiger partial charge on any atom is 0.243 e. The number of rotatable bonds is 8. The molecule has 0 atom stereocenters. The van der Waals surface area contributed by atoms with Crippen molar-refractivity contribution in [1.29, 1.82) is 0 Å². The number of nitrogens with zero attached hydrogens (tertiary/aromatic N) is 3. The van der Waals surface area contributed by atoms with Crippen LogP contribution in [0.5, 0.6) is 5.75 Å². The van der Waals surface area contributed by atoms with E-state index in [1.807, 2.05) is 43.3 Å². The van der Waals surface area contributed by atoms with Gasteiger partial charge in [-0.1, -0.05) is 48.4 Å². The molecule has 3 aromatic carbocycles. The summed E-state index contributed by atoms with van der Waals surface area (Å²) >= 11 is 1.57. The molecule has 8 heteroatoms. The molecule has 0 unspecified atom stereocenters. The summed E-state index contributed by atoms with van der Waals surface area (Å²) in [6.45, 7) is 6.53. The van der Waals surface area contributed by atoms with Gasteiger partial charge in [-0.3, -0.25) is 0 Å². The normalized spacial score (nSPS) is 15.1. The molecule has 1 aliphatic heterocycles. The molecule has 2 heterocycles. The van der Waals surface area contributed by atoms with Crippen LogP contribution in [0.25, 0.3) is 11.3 Å². The predicted octanol–water partition coefficient (Wildman–Crippen LogP) is 6.38. The first-order chi connectivity index (χ1) is 18.4. The lowest BCUT2D eigenvalue weighted by Crippen LogP contribution is -2.35. The lowest BCUT2D eigenvalue weighted by Gasteiger charge is -2.25. The van der Waals surface area contributed by atoms with Crippen LogP contribution in [0.2, 0.25) is 0 Å². The second-order valence-corrected chi connectivity index (χ2v) is 12.3. The van der Waals surface area contributed by atoms with Gasteiger partial charge < -0.3 is 9.30 Å². The van der Waals surface area contributed by atoms with Crippen molar-refractivity contribution in [2.45, 2.75) is 44.6 Å². The van der Waals surface area contributed by atoms with Gasteiger partial charge in [0.05, 0.1) is 29.4 Å². The van der Waals surface area contributed by atoms with Gasteiger partial charge in [-0.05, 0) is 74.2 Å². The highest BCUT2D eigenvalue weighted by Crippen LogP contribution is 2.26. The summed E-state index contributed by atoms with van der Waals surface area (Å²) in [6, 6.07) is 23.6. The number of hydrogen-bond acceptors (Lipinski definition) is 5. The minimum atomic E-state index is -3.47. The molecule has 0 spiro atoms. The van der Waals surface area contributed by atoms with Crippen molar-refractivity contribution in [2.24, 2.45) is 4.99 Å².